The Balaban J connectivity index is 1.38. The van der Waals surface area contributed by atoms with E-state index in [-0.39, 0.29) is 29.1 Å². The first-order valence-electron chi connectivity index (χ1n) is 16.4. The van der Waals surface area contributed by atoms with Crippen molar-refractivity contribution in [2.75, 3.05) is 11.9 Å². The molecule has 8 heteroatoms. The van der Waals surface area contributed by atoms with Crippen LogP contribution >= 0.6 is 0 Å². The topological polar surface area (TPSA) is 106 Å². The molecule has 1 aliphatic heterocycles. The van der Waals surface area contributed by atoms with Crippen LogP contribution in [0.2, 0.25) is 0 Å². The van der Waals surface area contributed by atoms with Gasteiger partial charge in [0.05, 0.1) is 11.2 Å². The molecule has 1 atom stereocenters. The number of carbonyl (C=O) groups excluding carboxylic acids is 3. The van der Waals surface area contributed by atoms with Crippen molar-refractivity contribution in [3.05, 3.63) is 65.2 Å². The molecule has 45 heavy (non-hydrogen) atoms. The van der Waals surface area contributed by atoms with Crippen LogP contribution in [0.4, 0.5) is 5.69 Å². The number of rotatable bonds is 11. The number of ketones is 1. The van der Waals surface area contributed by atoms with E-state index in [2.05, 4.69) is 71.8 Å². The van der Waals surface area contributed by atoms with Gasteiger partial charge in [-0.25, -0.2) is 0 Å². The quantitative estimate of drug-likeness (QED) is 0.217. The lowest BCUT2D eigenvalue weighted by Crippen LogP contribution is -2.35. The largest absolute Gasteiger partial charge is 0.356 e. The first-order valence-corrected chi connectivity index (χ1v) is 16.4. The Morgan fingerprint density at radius 1 is 1.13 bits per heavy atom. The Hall–Kier alpha value is -3.81. The summed E-state index contributed by atoms with van der Waals surface area (Å²) in [6, 6.07) is 10.7. The number of aromatic nitrogens is 3. The molecule has 1 saturated heterocycles. The normalized spacial score (nSPS) is 16.7. The number of carbonyl (C=O) groups is 3. The smallest absolute Gasteiger partial charge is 0.225 e. The van der Waals surface area contributed by atoms with Gasteiger partial charge in [-0.05, 0) is 94.4 Å². The molecule has 0 radical (unpaired) electrons. The van der Waals surface area contributed by atoms with Crippen molar-refractivity contribution in [2.45, 2.75) is 112 Å². The molecule has 2 amide bonds. The van der Waals surface area contributed by atoms with E-state index in [1.807, 2.05) is 40.8 Å². The predicted molar refractivity (Wildman–Crippen MR) is 180 cm³/mol. The summed E-state index contributed by atoms with van der Waals surface area (Å²) in [5.41, 5.74) is 5.67. The van der Waals surface area contributed by atoms with Crippen molar-refractivity contribution in [1.82, 2.24) is 20.1 Å². The Kier molecular flexibility index (Phi) is 10.7. The SMILES string of the molecule is Cc1ccc(CCCC(=O)Nc2cn(C(C)(C)C)nc2C(=O)CCC2CCNC(=O)C(C)(C)C2)cc1-c1ccc(C(C)C)nc1. The summed E-state index contributed by atoms with van der Waals surface area (Å²) < 4.78 is 1.75. The van der Waals surface area contributed by atoms with Gasteiger partial charge in [0.2, 0.25) is 11.8 Å². The average Bonchev–Trinajstić information content (AvgIpc) is 3.35. The molecule has 1 unspecified atom stereocenters. The molecule has 0 aliphatic carbocycles. The van der Waals surface area contributed by atoms with Crippen LogP contribution in [0.15, 0.2) is 42.7 Å². The number of aryl methyl sites for hydroxylation is 2. The highest BCUT2D eigenvalue weighted by Gasteiger charge is 2.33. The van der Waals surface area contributed by atoms with Crippen molar-refractivity contribution in [1.29, 1.82) is 0 Å². The number of Topliss-reactive ketones (excluding diaryl/α,β-unsaturated/α-hetero) is 1. The van der Waals surface area contributed by atoms with Crippen molar-refractivity contribution in [3.8, 4) is 11.1 Å². The zero-order valence-corrected chi connectivity index (χ0v) is 28.4. The zero-order valence-electron chi connectivity index (χ0n) is 28.4. The molecular formula is C37H51N5O3. The number of nitrogens with zero attached hydrogens (tertiary/aromatic N) is 3. The Morgan fingerprint density at radius 3 is 2.56 bits per heavy atom. The summed E-state index contributed by atoms with van der Waals surface area (Å²) in [6.45, 7) is 17.0. The Labute approximate surface area is 268 Å². The molecule has 242 valence electrons. The molecule has 4 rings (SSSR count). The van der Waals surface area contributed by atoms with Crippen LogP contribution in [-0.4, -0.2) is 38.9 Å². The maximum absolute atomic E-state index is 13.5. The van der Waals surface area contributed by atoms with Gasteiger partial charge in [-0.2, -0.15) is 5.10 Å². The van der Waals surface area contributed by atoms with Crippen molar-refractivity contribution >= 4 is 23.3 Å². The van der Waals surface area contributed by atoms with Gasteiger partial charge in [0.25, 0.3) is 0 Å². The fraction of sp³-hybridized carbons (Fsp3) is 0.541. The van der Waals surface area contributed by atoms with Crippen LogP contribution in [0, 0.1) is 18.3 Å². The number of nitrogens with one attached hydrogen (secondary N) is 2. The predicted octanol–water partition coefficient (Wildman–Crippen LogP) is 7.61. The van der Waals surface area contributed by atoms with E-state index in [9.17, 15) is 14.4 Å². The van der Waals surface area contributed by atoms with Crippen LogP contribution < -0.4 is 10.6 Å². The lowest BCUT2D eigenvalue weighted by molar-refractivity contribution is -0.129. The van der Waals surface area contributed by atoms with Gasteiger partial charge < -0.3 is 10.6 Å². The lowest BCUT2D eigenvalue weighted by Gasteiger charge is -2.24. The molecule has 1 fully saturated rings. The first-order chi connectivity index (χ1) is 21.1. The van der Waals surface area contributed by atoms with Crippen LogP contribution in [-0.2, 0) is 21.5 Å². The minimum atomic E-state index is -0.451. The molecule has 3 aromatic rings. The molecule has 0 bridgehead atoms. The molecular weight excluding hydrogens is 562 g/mol. The Bertz CT molecular complexity index is 1510. The summed E-state index contributed by atoms with van der Waals surface area (Å²) in [6.07, 6.45) is 8.10. The number of benzene rings is 1. The van der Waals surface area contributed by atoms with E-state index in [0.29, 0.717) is 49.5 Å². The molecule has 2 N–H and O–H groups in total. The molecule has 8 nitrogen and oxygen atoms in total. The molecule has 0 saturated carbocycles. The van der Waals surface area contributed by atoms with Crippen LogP contribution in [0.1, 0.15) is 120 Å². The molecule has 1 aliphatic rings. The Morgan fingerprint density at radius 2 is 1.89 bits per heavy atom. The third-order valence-electron chi connectivity index (χ3n) is 8.83. The second kappa shape index (κ2) is 14.1. The fourth-order valence-electron chi connectivity index (χ4n) is 5.97. The number of pyridine rings is 1. The van der Waals surface area contributed by atoms with Crippen LogP contribution in [0.25, 0.3) is 11.1 Å². The fourth-order valence-corrected chi connectivity index (χ4v) is 5.97. The number of anilines is 1. The first kappa shape index (κ1) is 34.1. The molecule has 0 spiro atoms. The van der Waals surface area contributed by atoms with E-state index in [1.54, 1.807) is 10.9 Å². The van der Waals surface area contributed by atoms with E-state index < -0.39 is 5.41 Å². The highest BCUT2D eigenvalue weighted by molar-refractivity contribution is 6.03. The number of hydrogen-bond acceptors (Lipinski definition) is 5. The van der Waals surface area contributed by atoms with Crippen molar-refractivity contribution in [2.24, 2.45) is 11.3 Å². The average molecular weight is 614 g/mol. The summed E-state index contributed by atoms with van der Waals surface area (Å²) in [5.74, 6) is 0.510. The number of hydrogen-bond donors (Lipinski definition) is 2. The van der Waals surface area contributed by atoms with Gasteiger partial charge in [-0.1, -0.05) is 52.0 Å². The van der Waals surface area contributed by atoms with Crippen LogP contribution in [0.5, 0.6) is 0 Å². The zero-order chi connectivity index (χ0) is 32.9. The van der Waals surface area contributed by atoms with Crippen LogP contribution in [0.3, 0.4) is 0 Å². The third kappa shape index (κ3) is 8.89. The third-order valence-corrected chi connectivity index (χ3v) is 8.83. The maximum atomic E-state index is 13.5. The molecule has 1 aromatic carbocycles. The molecule has 2 aromatic heterocycles. The minimum Gasteiger partial charge on any atom is -0.356 e. The highest BCUT2D eigenvalue weighted by atomic mass is 16.2. The summed E-state index contributed by atoms with van der Waals surface area (Å²) in [5, 5.41) is 10.6. The van der Waals surface area contributed by atoms with E-state index in [4.69, 9.17) is 0 Å². The van der Waals surface area contributed by atoms with E-state index in [1.165, 1.54) is 11.1 Å². The van der Waals surface area contributed by atoms with Gasteiger partial charge >= 0.3 is 0 Å². The maximum Gasteiger partial charge on any atom is 0.225 e. The highest BCUT2D eigenvalue weighted by Crippen LogP contribution is 2.33. The van der Waals surface area contributed by atoms with Gasteiger partial charge in [0, 0.05) is 48.5 Å². The van der Waals surface area contributed by atoms with Crippen molar-refractivity contribution in [3.63, 3.8) is 0 Å². The second-order valence-corrected chi connectivity index (χ2v) is 14.6. The summed E-state index contributed by atoms with van der Waals surface area (Å²) in [4.78, 5) is 43.5. The van der Waals surface area contributed by atoms with Gasteiger partial charge in [-0.15, -0.1) is 0 Å². The van der Waals surface area contributed by atoms with Gasteiger partial charge in [0.15, 0.2) is 11.5 Å². The second-order valence-electron chi connectivity index (χ2n) is 14.6. The monoisotopic (exact) mass is 613 g/mol. The van der Waals surface area contributed by atoms with E-state index in [0.717, 1.165) is 36.1 Å². The lowest BCUT2D eigenvalue weighted by atomic mass is 9.80. The number of amides is 2. The van der Waals surface area contributed by atoms with E-state index >= 15 is 0 Å². The minimum absolute atomic E-state index is 0.0711. The van der Waals surface area contributed by atoms with Crippen molar-refractivity contribution < 1.29 is 14.4 Å². The van der Waals surface area contributed by atoms with Gasteiger partial charge in [-0.3, -0.25) is 24.0 Å². The van der Waals surface area contributed by atoms with Gasteiger partial charge in [0.1, 0.15) is 0 Å². The summed E-state index contributed by atoms with van der Waals surface area (Å²) in [7, 11) is 0. The standard InChI is InChI=1S/C37H51N5O3/c1-24(2)30-16-15-28(22-39-30)29-20-26(13-12-25(29)3)10-9-11-33(44)40-31-23-42(36(4,5)6)41-34(31)32(43)17-14-27-18-19-38-35(45)37(7,8)21-27/h12-13,15-16,20,22-24,27H,9-11,14,17-19,21H2,1-8H3,(H,38,45)(H,40,44). The summed E-state index contributed by atoms with van der Waals surface area (Å²) >= 11 is 0. The molecule has 3 heterocycles.